The molecule has 3 rings (SSSR count). The number of carboxylic acids is 1. The molecule has 0 aliphatic heterocycles. The maximum absolute atomic E-state index is 12.7. The molecule has 0 bridgehead atoms. The first-order valence-corrected chi connectivity index (χ1v) is 9.04. The molecular formula is C16H13BrO4S. The fraction of sp³-hybridized carbons (Fsp3) is 0.188. The van der Waals surface area contributed by atoms with E-state index < -0.39 is 32.9 Å². The third-order valence-corrected chi connectivity index (χ3v) is 6.68. The summed E-state index contributed by atoms with van der Waals surface area (Å²) in [6, 6.07) is 15.1. The molecule has 3 atom stereocenters. The SMILES string of the molecule is O=C(O)[C@@H]1[C@H](c2ccc(Br)cc2)[C@H]1S(=O)(=O)c1ccccc1. The van der Waals surface area contributed by atoms with Gasteiger partial charge in [0.25, 0.3) is 0 Å². The number of benzene rings is 2. The number of sulfone groups is 1. The number of hydrogen-bond acceptors (Lipinski definition) is 3. The van der Waals surface area contributed by atoms with Gasteiger partial charge >= 0.3 is 5.97 Å². The Kier molecular flexibility index (Phi) is 3.82. The summed E-state index contributed by atoms with van der Waals surface area (Å²) in [6.45, 7) is 0. The van der Waals surface area contributed by atoms with Crippen LogP contribution in [0.25, 0.3) is 0 Å². The first-order valence-electron chi connectivity index (χ1n) is 6.70. The second-order valence-electron chi connectivity index (χ2n) is 5.26. The van der Waals surface area contributed by atoms with Crippen molar-refractivity contribution in [2.75, 3.05) is 0 Å². The molecule has 2 aromatic rings. The van der Waals surface area contributed by atoms with E-state index in [0.29, 0.717) is 0 Å². The molecule has 0 radical (unpaired) electrons. The third-order valence-electron chi connectivity index (χ3n) is 3.92. The van der Waals surface area contributed by atoms with Gasteiger partial charge in [-0.3, -0.25) is 4.79 Å². The van der Waals surface area contributed by atoms with Crippen LogP contribution in [-0.4, -0.2) is 24.7 Å². The van der Waals surface area contributed by atoms with Crippen LogP contribution >= 0.6 is 15.9 Å². The summed E-state index contributed by atoms with van der Waals surface area (Å²) in [5.74, 6) is -2.47. The van der Waals surface area contributed by atoms with Crippen LogP contribution in [0.1, 0.15) is 11.5 Å². The highest BCUT2D eigenvalue weighted by atomic mass is 79.9. The Morgan fingerprint density at radius 1 is 1.00 bits per heavy atom. The second kappa shape index (κ2) is 5.52. The first kappa shape index (κ1) is 15.2. The Balaban J connectivity index is 1.99. The van der Waals surface area contributed by atoms with Gasteiger partial charge in [0, 0.05) is 10.4 Å². The van der Waals surface area contributed by atoms with Crippen molar-refractivity contribution in [3.63, 3.8) is 0 Å². The van der Waals surface area contributed by atoms with Gasteiger partial charge in [0.2, 0.25) is 0 Å². The van der Waals surface area contributed by atoms with Gasteiger partial charge in [-0.2, -0.15) is 0 Å². The summed E-state index contributed by atoms with van der Waals surface area (Å²) in [4.78, 5) is 11.6. The number of carboxylic acid groups (broad SMARTS) is 1. The summed E-state index contributed by atoms with van der Waals surface area (Å²) in [6.07, 6.45) is 0. The molecular weight excluding hydrogens is 368 g/mol. The van der Waals surface area contributed by atoms with Crippen molar-refractivity contribution in [3.05, 3.63) is 64.6 Å². The molecule has 1 N–H and O–H groups in total. The number of carbonyl (C=O) groups is 1. The number of rotatable bonds is 4. The monoisotopic (exact) mass is 380 g/mol. The Bertz CT molecular complexity index is 800. The molecule has 1 aliphatic carbocycles. The van der Waals surface area contributed by atoms with Crippen molar-refractivity contribution in [2.45, 2.75) is 16.1 Å². The van der Waals surface area contributed by atoms with E-state index in [1.165, 1.54) is 12.1 Å². The molecule has 6 heteroatoms. The van der Waals surface area contributed by atoms with Gasteiger partial charge in [-0.1, -0.05) is 46.3 Å². The molecule has 0 unspecified atom stereocenters. The van der Waals surface area contributed by atoms with Gasteiger partial charge in [0.05, 0.1) is 16.1 Å². The van der Waals surface area contributed by atoms with Crippen molar-refractivity contribution < 1.29 is 18.3 Å². The summed E-state index contributed by atoms with van der Waals surface area (Å²) < 4.78 is 26.2. The van der Waals surface area contributed by atoms with Crippen molar-refractivity contribution >= 4 is 31.7 Å². The maximum Gasteiger partial charge on any atom is 0.308 e. The van der Waals surface area contributed by atoms with Crippen molar-refractivity contribution in [2.24, 2.45) is 5.92 Å². The normalized spacial score (nSPS) is 24.0. The van der Waals surface area contributed by atoms with Gasteiger partial charge in [-0.15, -0.1) is 0 Å². The van der Waals surface area contributed by atoms with E-state index in [4.69, 9.17) is 0 Å². The quantitative estimate of drug-likeness (QED) is 0.884. The Labute approximate surface area is 136 Å². The predicted octanol–water partition coefficient (Wildman–Crippen LogP) is 3.09. The zero-order valence-corrected chi connectivity index (χ0v) is 13.8. The lowest BCUT2D eigenvalue weighted by molar-refractivity contribution is -0.138. The molecule has 4 nitrogen and oxygen atoms in total. The van der Waals surface area contributed by atoms with Crippen LogP contribution in [0.15, 0.2) is 64.0 Å². The number of aliphatic carboxylic acids is 1. The van der Waals surface area contributed by atoms with Gasteiger partial charge in [-0.25, -0.2) is 8.42 Å². The minimum Gasteiger partial charge on any atom is -0.481 e. The van der Waals surface area contributed by atoms with Gasteiger partial charge in [0.1, 0.15) is 0 Å². The lowest BCUT2D eigenvalue weighted by atomic mass is 10.1. The molecule has 0 heterocycles. The summed E-state index contributed by atoms with van der Waals surface area (Å²) in [7, 11) is -3.66. The molecule has 2 aromatic carbocycles. The van der Waals surface area contributed by atoms with E-state index >= 15 is 0 Å². The molecule has 114 valence electrons. The standard InChI is InChI=1S/C16H13BrO4S/c17-11-8-6-10(7-9-11)13-14(16(18)19)15(13)22(20,21)12-4-2-1-3-5-12/h1-9,13-15H,(H,18,19)/t13-,14+,15+/m0/s1. The van der Waals surface area contributed by atoms with Gasteiger partial charge < -0.3 is 5.11 Å². The molecule has 0 aromatic heterocycles. The van der Waals surface area contributed by atoms with E-state index in [1.54, 1.807) is 42.5 Å². The van der Waals surface area contributed by atoms with E-state index in [0.717, 1.165) is 10.0 Å². The second-order valence-corrected chi connectivity index (χ2v) is 8.29. The molecule has 1 fully saturated rings. The minimum atomic E-state index is -3.66. The van der Waals surface area contributed by atoms with Crippen molar-refractivity contribution in [3.8, 4) is 0 Å². The van der Waals surface area contributed by atoms with Crippen LogP contribution < -0.4 is 0 Å². The predicted molar refractivity (Wildman–Crippen MR) is 85.4 cm³/mol. The Morgan fingerprint density at radius 3 is 2.14 bits per heavy atom. The Morgan fingerprint density at radius 2 is 1.59 bits per heavy atom. The molecule has 22 heavy (non-hydrogen) atoms. The Hall–Kier alpha value is -1.66. The summed E-state index contributed by atoms with van der Waals surface area (Å²) in [5, 5.41) is 8.44. The lowest BCUT2D eigenvalue weighted by Crippen LogP contribution is -2.13. The fourth-order valence-electron chi connectivity index (χ4n) is 2.81. The molecule has 1 saturated carbocycles. The fourth-order valence-corrected chi connectivity index (χ4v) is 5.22. The van der Waals surface area contributed by atoms with Gasteiger partial charge in [-0.05, 0) is 29.8 Å². The number of hydrogen-bond donors (Lipinski definition) is 1. The highest BCUT2D eigenvalue weighted by Gasteiger charge is 2.63. The molecule has 0 spiro atoms. The minimum absolute atomic E-state index is 0.172. The lowest BCUT2D eigenvalue weighted by Gasteiger charge is -2.04. The zero-order chi connectivity index (χ0) is 15.9. The van der Waals surface area contributed by atoms with E-state index in [-0.39, 0.29) is 4.90 Å². The van der Waals surface area contributed by atoms with Crippen molar-refractivity contribution in [1.82, 2.24) is 0 Å². The molecule has 1 aliphatic rings. The van der Waals surface area contributed by atoms with E-state index in [1.807, 2.05) is 0 Å². The zero-order valence-electron chi connectivity index (χ0n) is 11.4. The molecule has 0 amide bonds. The van der Waals surface area contributed by atoms with Crippen LogP contribution in [0.2, 0.25) is 0 Å². The van der Waals surface area contributed by atoms with Crippen LogP contribution in [0.5, 0.6) is 0 Å². The third kappa shape index (κ3) is 2.57. The van der Waals surface area contributed by atoms with Crippen molar-refractivity contribution in [1.29, 1.82) is 0 Å². The van der Waals surface area contributed by atoms with Crippen LogP contribution in [-0.2, 0) is 14.6 Å². The average molecular weight is 381 g/mol. The van der Waals surface area contributed by atoms with Crippen LogP contribution in [0.3, 0.4) is 0 Å². The van der Waals surface area contributed by atoms with Gasteiger partial charge in [0.15, 0.2) is 9.84 Å². The van der Waals surface area contributed by atoms with E-state index in [9.17, 15) is 18.3 Å². The summed E-state index contributed by atoms with van der Waals surface area (Å²) in [5.41, 5.74) is 0.736. The highest BCUT2D eigenvalue weighted by molar-refractivity contribution is 9.10. The van der Waals surface area contributed by atoms with E-state index in [2.05, 4.69) is 15.9 Å². The summed E-state index contributed by atoms with van der Waals surface area (Å²) >= 11 is 3.32. The highest BCUT2D eigenvalue weighted by Crippen LogP contribution is 2.54. The maximum atomic E-state index is 12.7. The molecule has 0 saturated heterocycles. The largest absolute Gasteiger partial charge is 0.481 e. The average Bonchev–Trinajstić information content (AvgIpc) is 3.25. The van der Waals surface area contributed by atoms with Crippen LogP contribution in [0, 0.1) is 5.92 Å². The smallest absolute Gasteiger partial charge is 0.308 e. The van der Waals surface area contributed by atoms with Crippen LogP contribution in [0.4, 0.5) is 0 Å². The first-order chi connectivity index (χ1) is 10.4. The topological polar surface area (TPSA) is 71.4 Å². The number of halogens is 1.